The van der Waals surface area contributed by atoms with Gasteiger partial charge in [-0.3, -0.25) is 9.59 Å². The molecule has 0 radical (unpaired) electrons. The number of thiazole rings is 1. The first-order chi connectivity index (χ1) is 8.66. The lowest BCUT2D eigenvalue weighted by molar-refractivity contribution is -0.148. The minimum atomic E-state index is -0.832. The monoisotopic (exact) mass is 266 g/mol. The summed E-state index contributed by atoms with van der Waals surface area (Å²) in [6.07, 6.45) is 4.43. The maximum atomic E-state index is 12.2. The van der Waals surface area contributed by atoms with Crippen LogP contribution < -0.4 is 5.32 Å². The molecule has 1 heterocycles. The molecule has 2 N–H and O–H groups in total. The third kappa shape index (κ3) is 1.80. The van der Waals surface area contributed by atoms with Crippen LogP contribution in [0.5, 0.6) is 0 Å². The van der Waals surface area contributed by atoms with E-state index in [2.05, 4.69) is 10.3 Å². The Morgan fingerprint density at radius 2 is 2.06 bits per heavy atom. The Labute approximate surface area is 108 Å². The predicted octanol–water partition coefficient (Wildman–Crippen LogP) is 1.83. The molecule has 0 spiro atoms. The minimum absolute atomic E-state index is 0.176. The van der Waals surface area contributed by atoms with Crippen molar-refractivity contribution in [1.29, 1.82) is 0 Å². The second-order valence-corrected chi connectivity index (χ2v) is 5.94. The molecule has 1 amide bonds. The van der Waals surface area contributed by atoms with E-state index in [0.717, 1.165) is 19.3 Å². The fourth-order valence-corrected chi connectivity index (χ4v) is 4.03. The number of fused-ring (bicyclic) bond motifs is 2. The topological polar surface area (TPSA) is 79.3 Å². The first-order valence-corrected chi connectivity index (χ1v) is 6.98. The van der Waals surface area contributed by atoms with Gasteiger partial charge >= 0.3 is 5.97 Å². The smallest absolute Gasteiger partial charge is 0.307 e. The van der Waals surface area contributed by atoms with Crippen LogP contribution in [0, 0.1) is 23.7 Å². The van der Waals surface area contributed by atoms with Crippen LogP contribution in [0.4, 0.5) is 5.13 Å². The number of aromatic nitrogens is 1. The van der Waals surface area contributed by atoms with E-state index in [1.165, 1.54) is 11.3 Å². The van der Waals surface area contributed by atoms with Gasteiger partial charge in [0, 0.05) is 11.6 Å². The molecule has 3 rings (SSSR count). The average Bonchev–Trinajstić information content (AvgIpc) is 3.03. The molecule has 18 heavy (non-hydrogen) atoms. The molecular formula is C12H14N2O3S. The summed E-state index contributed by atoms with van der Waals surface area (Å²) in [6.45, 7) is 0. The quantitative estimate of drug-likeness (QED) is 0.874. The van der Waals surface area contributed by atoms with E-state index in [0.29, 0.717) is 5.13 Å². The van der Waals surface area contributed by atoms with Gasteiger partial charge in [0.05, 0.1) is 11.8 Å². The van der Waals surface area contributed by atoms with Crippen molar-refractivity contribution in [3.63, 3.8) is 0 Å². The minimum Gasteiger partial charge on any atom is -0.481 e. The van der Waals surface area contributed by atoms with E-state index in [4.69, 9.17) is 0 Å². The van der Waals surface area contributed by atoms with Gasteiger partial charge in [0.1, 0.15) is 0 Å². The maximum absolute atomic E-state index is 12.2. The summed E-state index contributed by atoms with van der Waals surface area (Å²) in [5.41, 5.74) is 0. The van der Waals surface area contributed by atoms with Crippen molar-refractivity contribution in [3.05, 3.63) is 11.6 Å². The largest absolute Gasteiger partial charge is 0.481 e. The Bertz CT molecular complexity index is 474. The molecule has 2 saturated carbocycles. The number of nitrogens with one attached hydrogen (secondary N) is 1. The zero-order chi connectivity index (χ0) is 12.7. The van der Waals surface area contributed by atoms with Gasteiger partial charge < -0.3 is 10.4 Å². The molecule has 4 atom stereocenters. The van der Waals surface area contributed by atoms with E-state index in [1.54, 1.807) is 11.6 Å². The molecule has 96 valence electrons. The van der Waals surface area contributed by atoms with Gasteiger partial charge in [0.2, 0.25) is 5.91 Å². The molecule has 6 heteroatoms. The highest BCUT2D eigenvalue weighted by molar-refractivity contribution is 7.13. The van der Waals surface area contributed by atoms with Crippen LogP contribution in [0.1, 0.15) is 19.3 Å². The van der Waals surface area contributed by atoms with Crippen LogP contribution in [0.2, 0.25) is 0 Å². The van der Waals surface area contributed by atoms with Crippen LogP contribution in [0.25, 0.3) is 0 Å². The number of carboxylic acids is 1. The zero-order valence-corrected chi connectivity index (χ0v) is 10.5. The molecule has 2 aliphatic rings. The van der Waals surface area contributed by atoms with Crippen LogP contribution in [-0.2, 0) is 9.59 Å². The van der Waals surface area contributed by atoms with E-state index >= 15 is 0 Å². The molecule has 0 saturated heterocycles. The summed E-state index contributed by atoms with van der Waals surface area (Å²) in [5.74, 6) is -1.49. The molecule has 0 aliphatic heterocycles. The Morgan fingerprint density at radius 3 is 2.67 bits per heavy atom. The lowest BCUT2D eigenvalue weighted by Gasteiger charge is -2.26. The fourth-order valence-electron chi connectivity index (χ4n) is 3.50. The first-order valence-electron chi connectivity index (χ1n) is 6.10. The van der Waals surface area contributed by atoms with E-state index in [-0.39, 0.29) is 23.7 Å². The molecule has 0 aromatic carbocycles. The number of carbonyl (C=O) groups excluding carboxylic acids is 1. The Morgan fingerprint density at radius 1 is 1.33 bits per heavy atom. The molecular weight excluding hydrogens is 252 g/mol. The number of carbonyl (C=O) groups is 2. The van der Waals surface area contributed by atoms with Crippen LogP contribution >= 0.6 is 11.3 Å². The molecule has 5 nitrogen and oxygen atoms in total. The molecule has 2 fully saturated rings. The molecule has 2 aliphatic carbocycles. The van der Waals surface area contributed by atoms with Crippen molar-refractivity contribution in [2.75, 3.05) is 5.32 Å². The lowest BCUT2D eigenvalue weighted by atomic mass is 9.79. The lowest BCUT2D eigenvalue weighted by Crippen LogP contribution is -2.37. The van der Waals surface area contributed by atoms with Crippen LogP contribution in [-0.4, -0.2) is 22.0 Å². The van der Waals surface area contributed by atoms with Crippen LogP contribution in [0.15, 0.2) is 11.6 Å². The summed E-state index contributed by atoms with van der Waals surface area (Å²) in [5, 5.41) is 14.4. The number of hydrogen-bond acceptors (Lipinski definition) is 4. The number of anilines is 1. The fraction of sp³-hybridized carbons (Fsp3) is 0.583. The molecule has 1 aromatic rings. The number of nitrogens with zero attached hydrogens (tertiary/aromatic N) is 1. The SMILES string of the molecule is O=C(O)C1C2CCC(C2)C1C(=O)Nc1nccs1. The number of aliphatic carboxylic acids is 1. The van der Waals surface area contributed by atoms with Crippen molar-refractivity contribution in [3.8, 4) is 0 Å². The van der Waals surface area contributed by atoms with Crippen molar-refractivity contribution in [1.82, 2.24) is 4.98 Å². The predicted molar refractivity (Wildman–Crippen MR) is 66.2 cm³/mol. The second-order valence-electron chi connectivity index (χ2n) is 5.05. The van der Waals surface area contributed by atoms with Gasteiger partial charge in [0.15, 0.2) is 5.13 Å². The Hall–Kier alpha value is -1.43. The number of carboxylic acid groups (broad SMARTS) is 1. The van der Waals surface area contributed by atoms with Crippen molar-refractivity contribution >= 4 is 28.3 Å². The number of rotatable bonds is 3. The summed E-state index contributed by atoms with van der Waals surface area (Å²) in [4.78, 5) is 27.5. The van der Waals surface area contributed by atoms with E-state index < -0.39 is 11.9 Å². The average molecular weight is 266 g/mol. The van der Waals surface area contributed by atoms with Gasteiger partial charge in [-0.25, -0.2) is 4.98 Å². The molecule has 2 bridgehead atoms. The molecule has 1 aromatic heterocycles. The third-order valence-electron chi connectivity index (χ3n) is 4.17. The highest BCUT2D eigenvalue weighted by atomic mass is 32.1. The first kappa shape index (κ1) is 11.6. The standard InChI is InChI=1S/C12H14N2O3S/c15-10(14-12-13-3-4-18-12)8-6-1-2-7(5-6)9(8)11(16)17/h3-4,6-9H,1-2,5H2,(H,16,17)(H,13,14,15). The van der Waals surface area contributed by atoms with Crippen molar-refractivity contribution in [2.24, 2.45) is 23.7 Å². The normalized spacial score (nSPS) is 33.6. The van der Waals surface area contributed by atoms with E-state index in [9.17, 15) is 14.7 Å². The summed E-state index contributed by atoms with van der Waals surface area (Å²) in [6, 6.07) is 0. The number of hydrogen-bond donors (Lipinski definition) is 2. The van der Waals surface area contributed by atoms with Gasteiger partial charge in [-0.2, -0.15) is 0 Å². The highest BCUT2D eigenvalue weighted by Crippen LogP contribution is 2.52. The maximum Gasteiger partial charge on any atom is 0.307 e. The van der Waals surface area contributed by atoms with Gasteiger partial charge in [-0.15, -0.1) is 11.3 Å². The Kier molecular flexibility index (Phi) is 2.81. The number of amides is 1. The summed E-state index contributed by atoms with van der Waals surface area (Å²) >= 11 is 1.35. The second kappa shape index (κ2) is 4.35. The third-order valence-corrected chi connectivity index (χ3v) is 4.86. The van der Waals surface area contributed by atoms with Crippen molar-refractivity contribution < 1.29 is 14.7 Å². The highest BCUT2D eigenvalue weighted by Gasteiger charge is 2.54. The van der Waals surface area contributed by atoms with Gasteiger partial charge in [0.25, 0.3) is 0 Å². The van der Waals surface area contributed by atoms with Crippen molar-refractivity contribution in [2.45, 2.75) is 19.3 Å². The van der Waals surface area contributed by atoms with E-state index in [1.807, 2.05) is 0 Å². The Balaban J connectivity index is 1.78. The van der Waals surface area contributed by atoms with Gasteiger partial charge in [-0.05, 0) is 31.1 Å². The van der Waals surface area contributed by atoms with Crippen LogP contribution in [0.3, 0.4) is 0 Å². The van der Waals surface area contributed by atoms with Gasteiger partial charge in [-0.1, -0.05) is 0 Å². The summed E-state index contributed by atoms with van der Waals surface area (Å²) < 4.78 is 0. The summed E-state index contributed by atoms with van der Waals surface area (Å²) in [7, 11) is 0. The zero-order valence-electron chi connectivity index (χ0n) is 9.70. The molecule has 4 unspecified atom stereocenters.